The van der Waals surface area contributed by atoms with Crippen LogP contribution in [-0.4, -0.2) is 45.5 Å². The number of aromatic nitrogens is 2. The van der Waals surface area contributed by atoms with Crippen molar-refractivity contribution in [1.29, 1.82) is 0 Å². The Bertz CT molecular complexity index is 512. The number of nitrogens with two attached hydrogens (primary N) is 1. The molecule has 4 N–H and O–H groups in total. The predicted octanol–water partition coefficient (Wildman–Crippen LogP) is 0.115. The van der Waals surface area contributed by atoms with Gasteiger partial charge in [0, 0.05) is 0 Å². The molecule has 3 rings (SSSR count). The number of rotatable bonds is 2. The Balaban J connectivity index is 1.93. The van der Waals surface area contributed by atoms with Crippen molar-refractivity contribution in [2.24, 2.45) is 0 Å². The second kappa shape index (κ2) is 4.87. The van der Waals surface area contributed by atoms with E-state index in [0.29, 0.717) is 28.9 Å². The smallest absolute Gasteiger partial charge is 0.164 e. The Kier molecular flexibility index (Phi) is 3.21. The molecule has 102 valence electrons. The minimum Gasteiger partial charge on any atom is -0.394 e. The third-order valence-electron chi connectivity index (χ3n) is 3.35. The van der Waals surface area contributed by atoms with Crippen LogP contribution in [0.25, 0.3) is 0 Å². The van der Waals surface area contributed by atoms with E-state index in [2.05, 4.69) is 15.3 Å². The minimum absolute atomic E-state index is 0.0219. The summed E-state index contributed by atoms with van der Waals surface area (Å²) in [4.78, 5) is 10.8. The molecule has 3 heterocycles. The van der Waals surface area contributed by atoms with Crippen LogP contribution in [0.3, 0.4) is 0 Å². The summed E-state index contributed by atoms with van der Waals surface area (Å²) in [6.07, 6.45) is 2.69. The fourth-order valence-corrected chi connectivity index (χ4v) is 2.69. The van der Waals surface area contributed by atoms with E-state index >= 15 is 0 Å². The highest BCUT2D eigenvalue weighted by atomic mass is 32.1. The van der Waals surface area contributed by atoms with Crippen molar-refractivity contribution < 1.29 is 9.84 Å². The van der Waals surface area contributed by atoms with Gasteiger partial charge in [0.1, 0.15) is 23.2 Å². The maximum absolute atomic E-state index is 9.15. The first-order chi connectivity index (χ1) is 9.20. The summed E-state index contributed by atoms with van der Waals surface area (Å²) < 4.78 is 5.78. The molecule has 0 saturated carbocycles. The molecule has 1 aromatic heterocycles. The summed E-state index contributed by atoms with van der Waals surface area (Å²) in [5, 5.41) is 12.3. The molecular weight excluding hydrogens is 266 g/mol. The predicted molar refractivity (Wildman–Crippen MR) is 75.0 cm³/mol. The van der Waals surface area contributed by atoms with Crippen LogP contribution in [0, 0.1) is 0 Å². The molecule has 2 atom stereocenters. The molecule has 8 heteroatoms. The molecule has 0 aromatic carbocycles. The Labute approximate surface area is 115 Å². The molecule has 19 heavy (non-hydrogen) atoms. The number of thiocarbonyl (C=S) groups is 1. The third-order valence-corrected chi connectivity index (χ3v) is 3.69. The number of nitrogens with zero attached hydrogens (tertiary/aromatic N) is 3. The molecule has 1 aromatic rings. The molecular formula is C11H15N5O2S. The van der Waals surface area contributed by atoms with Gasteiger partial charge in [0.2, 0.25) is 0 Å². The number of anilines is 3. The van der Waals surface area contributed by atoms with Crippen LogP contribution in [0.5, 0.6) is 0 Å². The molecule has 2 aliphatic heterocycles. The number of aliphatic hydroxyl groups is 1. The second-order valence-electron chi connectivity index (χ2n) is 4.55. The highest BCUT2D eigenvalue weighted by molar-refractivity contribution is 7.80. The average molecular weight is 281 g/mol. The average Bonchev–Trinajstić information content (AvgIpc) is 2.87. The molecule has 7 nitrogen and oxygen atoms in total. The van der Waals surface area contributed by atoms with Gasteiger partial charge in [0.15, 0.2) is 11.6 Å². The SMILES string of the molecule is Nc1ncnc2c1NCC(=S)N2C1CCC(CO)O1. The van der Waals surface area contributed by atoms with E-state index in [1.165, 1.54) is 6.33 Å². The summed E-state index contributed by atoms with van der Waals surface area (Å²) >= 11 is 5.38. The highest BCUT2D eigenvalue weighted by Gasteiger charge is 2.36. The molecule has 1 fully saturated rings. The Morgan fingerprint density at radius 3 is 3.11 bits per heavy atom. The van der Waals surface area contributed by atoms with Crippen LogP contribution >= 0.6 is 12.2 Å². The lowest BCUT2D eigenvalue weighted by Crippen LogP contribution is -2.46. The number of hydrogen-bond donors (Lipinski definition) is 3. The van der Waals surface area contributed by atoms with Crippen LogP contribution < -0.4 is 16.0 Å². The zero-order valence-electron chi connectivity index (χ0n) is 10.2. The lowest BCUT2D eigenvalue weighted by atomic mass is 10.2. The quantitative estimate of drug-likeness (QED) is 0.658. The minimum atomic E-state index is -0.195. The van der Waals surface area contributed by atoms with E-state index in [1.54, 1.807) is 0 Å². The Morgan fingerprint density at radius 1 is 1.53 bits per heavy atom. The van der Waals surface area contributed by atoms with Crippen molar-refractivity contribution in [1.82, 2.24) is 9.97 Å². The molecule has 2 aliphatic rings. The fraction of sp³-hybridized carbons (Fsp3) is 0.545. The van der Waals surface area contributed by atoms with Gasteiger partial charge in [-0.05, 0) is 12.8 Å². The second-order valence-corrected chi connectivity index (χ2v) is 5.02. The maximum Gasteiger partial charge on any atom is 0.164 e. The lowest BCUT2D eigenvalue weighted by Gasteiger charge is -2.35. The first kappa shape index (κ1) is 12.5. The number of nitrogen functional groups attached to an aromatic ring is 1. The van der Waals surface area contributed by atoms with Crippen molar-refractivity contribution in [2.75, 3.05) is 29.1 Å². The third kappa shape index (κ3) is 2.11. The summed E-state index contributed by atoms with van der Waals surface area (Å²) in [5.74, 6) is 1.04. The molecule has 0 bridgehead atoms. The van der Waals surface area contributed by atoms with Gasteiger partial charge >= 0.3 is 0 Å². The molecule has 1 saturated heterocycles. The van der Waals surface area contributed by atoms with E-state index in [1.807, 2.05) is 4.90 Å². The van der Waals surface area contributed by atoms with Crippen LogP contribution in [0.15, 0.2) is 6.33 Å². The zero-order chi connectivity index (χ0) is 13.4. The van der Waals surface area contributed by atoms with Gasteiger partial charge in [0.25, 0.3) is 0 Å². The molecule has 0 aliphatic carbocycles. The Morgan fingerprint density at radius 2 is 2.37 bits per heavy atom. The van der Waals surface area contributed by atoms with E-state index in [-0.39, 0.29) is 18.9 Å². The van der Waals surface area contributed by atoms with Crippen LogP contribution in [-0.2, 0) is 4.74 Å². The summed E-state index contributed by atoms with van der Waals surface area (Å²) in [7, 11) is 0. The largest absolute Gasteiger partial charge is 0.394 e. The van der Waals surface area contributed by atoms with Crippen LogP contribution in [0.4, 0.5) is 17.3 Å². The van der Waals surface area contributed by atoms with E-state index < -0.39 is 0 Å². The summed E-state index contributed by atoms with van der Waals surface area (Å²) in [5.41, 5.74) is 6.52. The van der Waals surface area contributed by atoms with Gasteiger partial charge in [-0.25, -0.2) is 9.97 Å². The maximum atomic E-state index is 9.15. The standard InChI is InChI=1S/C11H15N5O2S/c12-10-9-11(15-5-14-10)16(8(19)3-13-9)7-2-1-6(4-17)18-7/h5-7,13,17H,1-4H2,(H2,12,14,15). The summed E-state index contributed by atoms with van der Waals surface area (Å²) in [6.45, 7) is 0.525. The van der Waals surface area contributed by atoms with Gasteiger partial charge in [-0.3, -0.25) is 4.90 Å². The number of aliphatic hydroxyl groups excluding tert-OH is 1. The van der Waals surface area contributed by atoms with Gasteiger partial charge in [-0.1, -0.05) is 12.2 Å². The number of nitrogens with one attached hydrogen (secondary N) is 1. The zero-order valence-corrected chi connectivity index (χ0v) is 11.1. The summed E-state index contributed by atoms with van der Waals surface area (Å²) in [6, 6.07) is 0. The monoisotopic (exact) mass is 281 g/mol. The fourth-order valence-electron chi connectivity index (χ4n) is 2.42. The highest BCUT2D eigenvalue weighted by Crippen LogP contribution is 2.35. The van der Waals surface area contributed by atoms with Gasteiger partial charge < -0.3 is 20.9 Å². The van der Waals surface area contributed by atoms with Crippen molar-refractivity contribution in [3.05, 3.63) is 6.33 Å². The van der Waals surface area contributed by atoms with E-state index in [9.17, 15) is 0 Å². The normalized spacial score (nSPS) is 26.2. The van der Waals surface area contributed by atoms with Gasteiger partial charge in [0.05, 0.1) is 19.3 Å². The van der Waals surface area contributed by atoms with Crippen molar-refractivity contribution in [2.45, 2.75) is 25.2 Å². The van der Waals surface area contributed by atoms with Gasteiger partial charge in [-0.2, -0.15) is 0 Å². The van der Waals surface area contributed by atoms with Crippen molar-refractivity contribution in [3.63, 3.8) is 0 Å². The number of ether oxygens (including phenoxy) is 1. The Hall–Kier alpha value is -1.51. The number of fused-ring (bicyclic) bond motifs is 1. The topological polar surface area (TPSA) is 96.5 Å². The first-order valence-electron chi connectivity index (χ1n) is 6.13. The van der Waals surface area contributed by atoms with Crippen molar-refractivity contribution >= 4 is 34.5 Å². The molecule has 0 amide bonds. The first-order valence-corrected chi connectivity index (χ1v) is 6.54. The van der Waals surface area contributed by atoms with Crippen LogP contribution in [0.2, 0.25) is 0 Å². The van der Waals surface area contributed by atoms with Gasteiger partial charge in [-0.15, -0.1) is 0 Å². The lowest BCUT2D eigenvalue weighted by molar-refractivity contribution is 0.0158. The molecule has 0 radical (unpaired) electrons. The number of hydrogen-bond acceptors (Lipinski definition) is 7. The van der Waals surface area contributed by atoms with E-state index in [4.69, 9.17) is 27.8 Å². The molecule has 2 unspecified atom stereocenters. The van der Waals surface area contributed by atoms with Crippen LogP contribution in [0.1, 0.15) is 12.8 Å². The molecule has 0 spiro atoms. The van der Waals surface area contributed by atoms with Crippen molar-refractivity contribution in [3.8, 4) is 0 Å². The van der Waals surface area contributed by atoms with E-state index in [0.717, 1.165) is 12.8 Å².